The summed E-state index contributed by atoms with van der Waals surface area (Å²) in [4.78, 5) is 56.0. The highest BCUT2D eigenvalue weighted by Gasteiger charge is 2.36. The molecule has 286 valence electrons. The standard InChI is InChI=1S/C43H51N3O8/c1-4-6-23-37(45-43(51)53-27-36-34-21-12-10-19-32(34)33-20-11-13-22-35(33)36)42(50)54-40(29-16-8-7-9-17-29)38(28-52-3)44-41(49)30(15-5-2)25-39(48)46-24-14-18-31(46)26-47/h4-5,7-13,16-17,19-22,30-31,36-38,40,47H,1-2,6,14-15,18,23-28H2,3H3,(H,44,49)(H,45,51). The molecule has 0 radical (unpaired) electrons. The number of likely N-dealkylation sites (tertiary alicyclic amines) is 1. The van der Waals surface area contributed by atoms with E-state index in [2.05, 4.69) is 35.9 Å². The third-order valence-electron chi connectivity index (χ3n) is 10.1. The summed E-state index contributed by atoms with van der Waals surface area (Å²) in [6, 6.07) is 22.8. The lowest BCUT2D eigenvalue weighted by atomic mass is 9.97. The van der Waals surface area contributed by atoms with Gasteiger partial charge in [0.05, 0.1) is 31.2 Å². The van der Waals surface area contributed by atoms with Gasteiger partial charge < -0.3 is 34.9 Å². The first-order chi connectivity index (χ1) is 26.3. The van der Waals surface area contributed by atoms with Gasteiger partial charge in [0.2, 0.25) is 11.8 Å². The van der Waals surface area contributed by atoms with E-state index < -0.39 is 42.1 Å². The number of fused-ring (bicyclic) bond motifs is 3. The molecule has 3 N–H and O–H groups in total. The number of rotatable bonds is 19. The number of amides is 3. The molecule has 5 atom stereocenters. The molecule has 0 bridgehead atoms. The van der Waals surface area contributed by atoms with Crippen LogP contribution in [0.3, 0.4) is 0 Å². The second-order valence-corrected chi connectivity index (χ2v) is 13.7. The number of hydrogen-bond donors (Lipinski definition) is 3. The molecule has 0 aromatic heterocycles. The van der Waals surface area contributed by atoms with Gasteiger partial charge in [-0.15, -0.1) is 13.2 Å². The average molecular weight is 738 g/mol. The van der Waals surface area contributed by atoms with Crippen molar-refractivity contribution in [2.75, 3.05) is 33.5 Å². The number of nitrogens with one attached hydrogen (secondary N) is 2. The molecule has 2 aliphatic rings. The summed E-state index contributed by atoms with van der Waals surface area (Å²) < 4.78 is 17.4. The Morgan fingerprint density at radius 2 is 1.59 bits per heavy atom. The maximum absolute atomic E-state index is 14.0. The molecule has 1 saturated heterocycles. The van der Waals surface area contributed by atoms with Crippen molar-refractivity contribution >= 4 is 23.9 Å². The number of nitrogens with zero attached hydrogens (tertiary/aromatic N) is 1. The van der Waals surface area contributed by atoms with Crippen LogP contribution in [0.5, 0.6) is 0 Å². The van der Waals surface area contributed by atoms with Crippen molar-refractivity contribution in [2.24, 2.45) is 5.92 Å². The van der Waals surface area contributed by atoms with Gasteiger partial charge in [0.25, 0.3) is 0 Å². The minimum absolute atomic E-state index is 0.0246. The first kappa shape index (κ1) is 39.9. The Morgan fingerprint density at radius 1 is 0.926 bits per heavy atom. The van der Waals surface area contributed by atoms with Crippen molar-refractivity contribution in [1.29, 1.82) is 0 Å². The Balaban J connectivity index is 1.30. The molecule has 54 heavy (non-hydrogen) atoms. The SMILES string of the molecule is C=CCCC(NC(=O)OCC1c2ccccc2-c2ccccc21)C(=O)OC(c1ccccc1)C(COC)NC(=O)C(CC=C)CC(=O)N1CCCC1CO. The monoisotopic (exact) mass is 737 g/mol. The molecule has 3 aromatic rings. The summed E-state index contributed by atoms with van der Waals surface area (Å²) in [6.45, 7) is 8.01. The van der Waals surface area contributed by atoms with E-state index >= 15 is 0 Å². The molecule has 1 aliphatic heterocycles. The number of methoxy groups -OCH3 is 1. The second kappa shape index (κ2) is 19.7. The van der Waals surface area contributed by atoms with Crippen molar-refractivity contribution in [3.63, 3.8) is 0 Å². The van der Waals surface area contributed by atoms with E-state index in [1.165, 1.54) is 7.11 Å². The molecule has 1 heterocycles. The van der Waals surface area contributed by atoms with Gasteiger partial charge in [-0.1, -0.05) is 91.0 Å². The van der Waals surface area contributed by atoms with Crippen molar-refractivity contribution < 1.29 is 38.5 Å². The topological polar surface area (TPSA) is 144 Å². The Labute approximate surface area is 317 Å². The fourth-order valence-electron chi connectivity index (χ4n) is 7.40. The smallest absolute Gasteiger partial charge is 0.407 e. The number of carbonyl (C=O) groups is 4. The summed E-state index contributed by atoms with van der Waals surface area (Å²) >= 11 is 0. The maximum atomic E-state index is 14.0. The molecule has 1 aliphatic carbocycles. The van der Waals surface area contributed by atoms with Gasteiger partial charge in [-0.25, -0.2) is 9.59 Å². The van der Waals surface area contributed by atoms with E-state index in [0.29, 0.717) is 24.9 Å². The molecule has 0 saturated carbocycles. The Hall–Kier alpha value is -5.26. The minimum Gasteiger partial charge on any atom is -0.454 e. The molecule has 11 nitrogen and oxygen atoms in total. The lowest BCUT2D eigenvalue weighted by Crippen LogP contribution is -2.49. The van der Waals surface area contributed by atoms with E-state index in [1.54, 1.807) is 41.3 Å². The Morgan fingerprint density at radius 3 is 2.22 bits per heavy atom. The van der Waals surface area contributed by atoms with Gasteiger partial charge in [0, 0.05) is 26.0 Å². The van der Waals surface area contributed by atoms with Crippen LogP contribution in [0.15, 0.2) is 104 Å². The third kappa shape index (κ3) is 9.83. The van der Waals surface area contributed by atoms with Crippen LogP contribution in [0.2, 0.25) is 0 Å². The number of carbonyl (C=O) groups excluding carboxylic acids is 4. The molecule has 3 amide bonds. The van der Waals surface area contributed by atoms with Crippen molar-refractivity contribution in [2.45, 2.75) is 68.7 Å². The van der Waals surface area contributed by atoms with E-state index in [0.717, 1.165) is 28.7 Å². The molecule has 5 unspecified atom stereocenters. The van der Waals surface area contributed by atoms with Crippen molar-refractivity contribution in [1.82, 2.24) is 15.5 Å². The fraction of sp³-hybridized carbons (Fsp3) is 0.395. The predicted molar refractivity (Wildman–Crippen MR) is 205 cm³/mol. The number of aliphatic hydroxyl groups is 1. The minimum atomic E-state index is -1.09. The summed E-state index contributed by atoms with van der Waals surface area (Å²) in [5.41, 5.74) is 4.93. The van der Waals surface area contributed by atoms with E-state index in [-0.39, 0.29) is 57.0 Å². The lowest BCUT2D eigenvalue weighted by molar-refractivity contribution is -0.155. The molecule has 5 rings (SSSR count). The third-order valence-corrected chi connectivity index (χ3v) is 10.1. The van der Waals surface area contributed by atoms with Gasteiger partial charge in [-0.3, -0.25) is 9.59 Å². The van der Waals surface area contributed by atoms with Crippen LogP contribution in [-0.4, -0.2) is 85.5 Å². The zero-order valence-corrected chi connectivity index (χ0v) is 30.9. The number of allylic oxidation sites excluding steroid dienone is 2. The van der Waals surface area contributed by atoms with E-state index in [9.17, 15) is 24.3 Å². The number of alkyl carbamates (subject to hydrolysis) is 1. The first-order valence-corrected chi connectivity index (χ1v) is 18.6. The fourth-order valence-corrected chi connectivity index (χ4v) is 7.40. The molecular weight excluding hydrogens is 686 g/mol. The van der Waals surface area contributed by atoms with Crippen LogP contribution in [0.4, 0.5) is 4.79 Å². The van der Waals surface area contributed by atoms with Crippen LogP contribution < -0.4 is 10.6 Å². The van der Waals surface area contributed by atoms with E-state index in [1.807, 2.05) is 42.5 Å². The normalized spacial score (nSPS) is 16.9. The highest BCUT2D eigenvalue weighted by atomic mass is 16.6. The van der Waals surface area contributed by atoms with Gasteiger partial charge in [-0.2, -0.15) is 0 Å². The number of aliphatic hydroxyl groups excluding tert-OH is 1. The average Bonchev–Trinajstić information content (AvgIpc) is 3.80. The van der Waals surface area contributed by atoms with Crippen molar-refractivity contribution in [3.8, 4) is 11.1 Å². The van der Waals surface area contributed by atoms with E-state index in [4.69, 9.17) is 14.2 Å². The largest absolute Gasteiger partial charge is 0.454 e. The Kier molecular flexibility index (Phi) is 14.6. The van der Waals surface area contributed by atoms with Crippen LogP contribution in [-0.2, 0) is 28.6 Å². The summed E-state index contributed by atoms with van der Waals surface area (Å²) in [7, 11) is 1.47. The molecule has 1 fully saturated rings. The molecule has 3 aromatic carbocycles. The molecular formula is C43H51N3O8. The molecule has 0 spiro atoms. The highest BCUT2D eigenvalue weighted by molar-refractivity contribution is 5.87. The van der Waals surface area contributed by atoms with Crippen LogP contribution in [0.25, 0.3) is 11.1 Å². The van der Waals surface area contributed by atoms with Gasteiger partial charge >= 0.3 is 12.1 Å². The quantitative estimate of drug-likeness (QED) is 0.103. The highest BCUT2D eigenvalue weighted by Crippen LogP contribution is 2.44. The zero-order chi connectivity index (χ0) is 38.5. The molecule has 11 heteroatoms. The van der Waals surface area contributed by atoms with Crippen molar-refractivity contribution in [3.05, 3.63) is 121 Å². The lowest BCUT2D eigenvalue weighted by Gasteiger charge is -2.31. The second-order valence-electron chi connectivity index (χ2n) is 13.7. The van der Waals surface area contributed by atoms with Crippen LogP contribution in [0.1, 0.15) is 67.2 Å². The van der Waals surface area contributed by atoms with Gasteiger partial charge in [0.15, 0.2) is 0 Å². The summed E-state index contributed by atoms with van der Waals surface area (Å²) in [5, 5.41) is 15.4. The first-order valence-electron chi connectivity index (χ1n) is 18.6. The van der Waals surface area contributed by atoms with Gasteiger partial charge in [-0.05, 0) is 59.9 Å². The van der Waals surface area contributed by atoms with Crippen LogP contribution >= 0.6 is 0 Å². The number of ether oxygens (including phenoxy) is 3. The summed E-state index contributed by atoms with van der Waals surface area (Å²) in [6.07, 6.45) is 3.72. The number of esters is 1. The van der Waals surface area contributed by atoms with Gasteiger partial charge in [0.1, 0.15) is 18.8 Å². The maximum Gasteiger partial charge on any atom is 0.407 e. The predicted octanol–water partition coefficient (Wildman–Crippen LogP) is 5.84. The van der Waals surface area contributed by atoms with Crippen LogP contribution in [0, 0.1) is 5.92 Å². The number of benzene rings is 3. The summed E-state index contributed by atoms with van der Waals surface area (Å²) in [5.74, 6) is -2.28. The zero-order valence-electron chi connectivity index (χ0n) is 30.9. The Bertz CT molecular complexity index is 1720. The number of hydrogen-bond acceptors (Lipinski definition) is 8.